The monoisotopic (exact) mass is 296 g/mol. The molecule has 4 nitrogen and oxygen atoms in total. The van der Waals surface area contributed by atoms with Gasteiger partial charge in [-0.3, -0.25) is 10.1 Å². The molecule has 1 aromatic heterocycles. The molecule has 3 aromatic rings. The molecule has 1 heterocycles. The first-order valence-corrected chi connectivity index (χ1v) is 7.23. The predicted octanol–water partition coefficient (Wildman–Crippen LogP) is 4.68. The van der Waals surface area contributed by atoms with Crippen molar-refractivity contribution in [2.45, 2.75) is 6.92 Å². The van der Waals surface area contributed by atoms with Crippen LogP contribution in [-0.2, 0) is 0 Å². The van der Waals surface area contributed by atoms with Crippen LogP contribution in [0.25, 0.3) is 22.4 Å². The number of benzene rings is 2. The number of hydrogen-bond donors (Lipinski definition) is 0. The van der Waals surface area contributed by atoms with Crippen molar-refractivity contribution < 1.29 is 4.92 Å². The van der Waals surface area contributed by atoms with Crippen molar-refractivity contribution in [2.24, 2.45) is 0 Å². The summed E-state index contributed by atoms with van der Waals surface area (Å²) in [6.45, 7) is 2.05. The van der Waals surface area contributed by atoms with Gasteiger partial charge in [-0.2, -0.15) is 0 Å². The Bertz CT molecular complexity index is 835. The molecular weight excluding hydrogens is 284 g/mol. The summed E-state index contributed by atoms with van der Waals surface area (Å²) in [6, 6.07) is 12.7. The van der Waals surface area contributed by atoms with Crippen LogP contribution in [0.3, 0.4) is 0 Å². The molecule has 0 aliphatic heterocycles. The van der Waals surface area contributed by atoms with E-state index in [1.54, 1.807) is 23.5 Å². The lowest BCUT2D eigenvalue weighted by Gasteiger charge is -1.92. The van der Waals surface area contributed by atoms with Gasteiger partial charge in [0.2, 0.25) is 0 Å². The number of thiazole rings is 1. The quantitative estimate of drug-likeness (QED) is 0.520. The summed E-state index contributed by atoms with van der Waals surface area (Å²) >= 11 is 1.63. The molecule has 0 aliphatic rings. The maximum absolute atomic E-state index is 10.6. The van der Waals surface area contributed by atoms with Gasteiger partial charge in [-0.15, -0.1) is 11.3 Å². The van der Waals surface area contributed by atoms with E-state index in [1.807, 2.05) is 19.1 Å². The summed E-state index contributed by atoms with van der Waals surface area (Å²) < 4.78 is 1.16. The molecular formula is C16H12N2O2S. The minimum Gasteiger partial charge on any atom is -0.258 e. The van der Waals surface area contributed by atoms with E-state index < -0.39 is 4.92 Å². The Balaban J connectivity index is 1.85. The van der Waals surface area contributed by atoms with E-state index in [9.17, 15) is 10.1 Å². The van der Waals surface area contributed by atoms with Crippen LogP contribution in [-0.4, -0.2) is 9.91 Å². The molecule has 0 spiro atoms. The van der Waals surface area contributed by atoms with E-state index in [1.165, 1.54) is 17.7 Å². The van der Waals surface area contributed by atoms with Crippen molar-refractivity contribution in [2.75, 3.05) is 0 Å². The van der Waals surface area contributed by atoms with Crippen LogP contribution in [0.1, 0.15) is 16.1 Å². The maximum atomic E-state index is 10.6. The molecule has 0 N–H and O–H groups in total. The summed E-state index contributed by atoms with van der Waals surface area (Å²) in [4.78, 5) is 14.8. The number of hydrogen-bond acceptors (Lipinski definition) is 4. The number of aryl methyl sites for hydroxylation is 1. The molecule has 0 amide bonds. The third kappa shape index (κ3) is 2.98. The van der Waals surface area contributed by atoms with Crippen molar-refractivity contribution in [1.29, 1.82) is 0 Å². The third-order valence-corrected chi connectivity index (χ3v) is 4.08. The van der Waals surface area contributed by atoms with Gasteiger partial charge in [0.15, 0.2) is 0 Å². The Morgan fingerprint density at radius 1 is 1.14 bits per heavy atom. The van der Waals surface area contributed by atoms with E-state index in [-0.39, 0.29) is 5.69 Å². The molecule has 104 valence electrons. The molecule has 0 radical (unpaired) electrons. The topological polar surface area (TPSA) is 56.0 Å². The fraction of sp³-hybridized carbons (Fsp3) is 0.0625. The second kappa shape index (κ2) is 5.46. The van der Waals surface area contributed by atoms with Gasteiger partial charge >= 0.3 is 0 Å². The number of nitro groups is 1. The van der Waals surface area contributed by atoms with E-state index in [0.717, 1.165) is 20.8 Å². The van der Waals surface area contributed by atoms with Crippen molar-refractivity contribution in [3.63, 3.8) is 0 Å². The first kappa shape index (κ1) is 13.5. The Morgan fingerprint density at radius 3 is 2.62 bits per heavy atom. The Kier molecular flexibility index (Phi) is 3.50. The van der Waals surface area contributed by atoms with E-state index in [0.29, 0.717) is 0 Å². The largest absolute Gasteiger partial charge is 0.269 e. The second-order valence-electron chi connectivity index (χ2n) is 4.71. The minimum absolute atomic E-state index is 0.0996. The van der Waals surface area contributed by atoms with Crippen LogP contribution in [0.4, 0.5) is 5.69 Å². The zero-order valence-corrected chi connectivity index (χ0v) is 12.1. The van der Waals surface area contributed by atoms with E-state index >= 15 is 0 Å². The van der Waals surface area contributed by atoms with Gasteiger partial charge in [0, 0.05) is 12.1 Å². The van der Waals surface area contributed by atoms with Crippen LogP contribution >= 0.6 is 11.3 Å². The fourth-order valence-corrected chi connectivity index (χ4v) is 2.85. The maximum Gasteiger partial charge on any atom is 0.269 e. The Morgan fingerprint density at radius 2 is 1.90 bits per heavy atom. The van der Waals surface area contributed by atoms with Gasteiger partial charge in [0.05, 0.1) is 15.1 Å². The van der Waals surface area contributed by atoms with Crippen molar-refractivity contribution in [3.05, 3.63) is 68.7 Å². The molecule has 5 heteroatoms. The summed E-state index contributed by atoms with van der Waals surface area (Å²) in [5.41, 5.74) is 3.21. The molecule has 21 heavy (non-hydrogen) atoms. The molecule has 0 bridgehead atoms. The van der Waals surface area contributed by atoms with Crippen molar-refractivity contribution in [1.82, 2.24) is 4.98 Å². The van der Waals surface area contributed by atoms with Crippen LogP contribution < -0.4 is 0 Å². The number of rotatable bonds is 3. The highest BCUT2D eigenvalue weighted by atomic mass is 32.1. The zero-order chi connectivity index (χ0) is 14.8. The SMILES string of the molecule is Cc1ccc2sc(C=Cc3ccc([N+](=O)[O-])cc3)nc2c1. The van der Waals surface area contributed by atoms with Gasteiger partial charge in [-0.05, 0) is 48.4 Å². The smallest absolute Gasteiger partial charge is 0.258 e. The van der Waals surface area contributed by atoms with Gasteiger partial charge in [-0.25, -0.2) is 4.98 Å². The fourth-order valence-electron chi connectivity index (χ4n) is 2.00. The highest BCUT2D eigenvalue weighted by Crippen LogP contribution is 2.24. The lowest BCUT2D eigenvalue weighted by molar-refractivity contribution is -0.384. The molecule has 0 atom stereocenters. The number of nitro benzene ring substituents is 1. The summed E-state index contributed by atoms with van der Waals surface area (Å²) in [5.74, 6) is 0. The van der Waals surface area contributed by atoms with Crippen molar-refractivity contribution >= 4 is 39.4 Å². The molecule has 0 saturated heterocycles. The highest BCUT2D eigenvalue weighted by molar-refractivity contribution is 7.19. The molecule has 3 rings (SSSR count). The summed E-state index contributed by atoms with van der Waals surface area (Å²) in [5, 5.41) is 11.5. The van der Waals surface area contributed by atoms with Crippen LogP contribution in [0.2, 0.25) is 0 Å². The Labute approximate surface area is 125 Å². The molecule has 0 unspecified atom stereocenters. The van der Waals surface area contributed by atoms with Gasteiger partial charge in [0.1, 0.15) is 5.01 Å². The average molecular weight is 296 g/mol. The summed E-state index contributed by atoms with van der Waals surface area (Å²) in [7, 11) is 0. The number of non-ortho nitro benzene ring substituents is 1. The lowest BCUT2D eigenvalue weighted by atomic mass is 10.2. The minimum atomic E-state index is -0.399. The zero-order valence-electron chi connectivity index (χ0n) is 11.3. The lowest BCUT2D eigenvalue weighted by Crippen LogP contribution is -1.86. The first-order chi connectivity index (χ1) is 10.1. The normalized spacial score (nSPS) is 11.3. The summed E-state index contributed by atoms with van der Waals surface area (Å²) in [6.07, 6.45) is 3.84. The van der Waals surface area contributed by atoms with E-state index in [4.69, 9.17) is 0 Å². The standard InChI is InChI=1S/C16H12N2O2S/c1-11-2-8-15-14(10-11)17-16(21-15)9-5-12-3-6-13(7-4-12)18(19)20/h2-10H,1H3. The third-order valence-electron chi connectivity index (χ3n) is 3.08. The van der Waals surface area contributed by atoms with Crippen LogP contribution in [0.5, 0.6) is 0 Å². The average Bonchev–Trinajstić information content (AvgIpc) is 2.87. The van der Waals surface area contributed by atoms with Crippen molar-refractivity contribution in [3.8, 4) is 0 Å². The van der Waals surface area contributed by atoms with Crippen LogP contribution in [0.15, 0.2) is 42.5 Å². The molecule has 0 fully saturated rings. The van der Waals surface area contributed by atoms with Gasteiger partial charge in [-0.1, -0.05) is 12.1 Å². The number of nitrogens with zero attached hydrogens (tertiary/aromatic N) is 2. The number of fused-ring (bicyclic) bond motifs is 1. The number of aromatic nitrogens is 1. The van der Waals surface area contributed by atoms with Crippen LogP contribution in [0, 0.1) is 17.0 Å². The van der Waals surface area contributed by atoms with Gasteiger partial charge < -0.3 is 0 Å². The molecule has 0 aliphatic carbocycles. The van der Waals surface area contributed by atoms with E-state index in [2.05, 4.69) is 23.2 Å². The highest BCUT2D eigenvalue weighted by Gasteiger charge is 2.03. The first-order valence-electron chi connectivity index (χ1n) is 6.41. The Hall–Kier alpha value is -2.53. The molecule has 0 saturated carbocycles. The molecule has 2 aromatic carbocycles. The predicted molar refractivity (Wildman–Crippen MR) is 86.4 cm³/mol. The second-order valence-corrected chi connectivity index (χ2v) is 5.77. The van der Waals surface area contributed by atoms with Gasteiger partial charge in [0.25, 0.3) is 5.69 Å².